The maximum atomic E-state index is 8.07. The second kappa shape index (κ2) is 6.00. The Morgan fingerprint density at radius 2 is 1.48 bits per heavy atom. The van der Waals surface area contributed by atoms with Gasteiger partial charge >= 0.3 is 0 Å². The van der Waals surface area contributed by atoms with Crippen LogP contribution in [-0.4, -0.2) is 0 Å². The number of benzene rings is 2. The first-order valence-corrected chi connectivity index (χ1v) is 7.62. The van der Waals surface area contributed by atoms with Crippen LogP contribution >= 0.6 is 0 Å². The van der Waals surface area contributed by atoms with Crippen LogP contribution in [0.15, 0.2) is 54.7 Å². The van der Waals surface area contributed by atoms with Crippen LogP contribution in [0.25, 0.3) is 22.4 Å². The van der Waals surface area contributed by atoms with Gasteiger partial charge in [-0.2, -0.15) is 0 Å². The van der Waals surface area contributed by atoms with E-state index in [1.165, 1.54) is 0 Å². The van der Waals surface area contributed by atoms with Gasteiger partial charge in [-0.15, -0.1) is 0 Å². The number of aromatic nitrogens is 1. The maximum absolute atomic E-state index is 8.07. The molecule has 0 spiro atoms. The zero-order valence-electron chi connectivity index (χ0n) is 19.6. The molecule has 1 nitrogen and oxygen atoms in total. The quantitative estimate of drug-likeness (QED) is 0.581. The Kier molecular flexibility index (Phi) is 2.52. The fourth-order valence-electron chi connectivity index (χ4n) is 3.06. The first-order chi connectivity index (χ1) is 13.4. The lowest BCUT2D eigenvalue weighted by molar-refractivity contribution is -0.660. The van der Waals surface area contributed by atoms with E-state index in [0.29, 0.717) is 11.1 Å². The largest absolute Gasteiger partial charge is 0.220 e. The minimum Gasteiger partial charge on any atom is -0.200 e. The van der Waals surface area contributed by atoms with Crippen molar-refractivity contribution in [2.75, 3.05) is 0 Å². The molecule has 0 amide bonds. The van der Waals surface area contributed by atoms with E-state index >= 15 is 0 Å². The molecule has 0 atom stereocenters. The molecule has 0 saturated carbocycles. The predicted octanol–water partition coefficient (Wildman–Crippen LogP) is 5.08. The normalized spacial score (nSPS) is 15.8. The molecule has 0 saturated heterocycles. The van der Waals surface area contributed by atoms with Gasteiger partial charge in [0.15, 0.2) is 6.20 Å². The topological polar surface area (TPSA) is 3.88 Å². The fourth-order valence-corrected chi connectivity index (χ4v) is 3.06. The SMILES string of the molecule is [2H]C([2H])([2H])c1cc(C)cc(C([2H])([2H])[2H])c1-c1ccc[n+](C)c1-c1ccccc1C. The Labute approximate surface area is 147 Å². The number of hydrogen-bond acceptors (Lipinski definition) is 0. The van der Waals surface area contributed by atoms with Crippen LogP contribution in [0.4, 0.5) is 0 Å². The summed E-state index contributed by atoms with van der Waals surface area (Å²) in [7, 11) is 1.88. The number of nitrogens with zero attached hydrogens (tertiary/aromatic N) is 1. The molecule has 3 rings (SSSR count). The van der Waals surface area contributed by atoms with Crippen molar-refractivity contribution in [3.8, 4) is 22.4 Å². The Morgan fingerprint density at radius 1 is 0.826 bits per heavy atom. The van der Waals surface area contributed by atoms with Gasteiger partial charge < -0.3 is 0 Å². The van der Waals surface area contributed by atoms with Crippen LogP contribution in [0.3, 0.4) is 0 Å². The lowest BCUT2D eigenvalue weighted by Gasteiger charge is -2.15. The molecule has 0 fully saturated rings. The second-order valence-electron chi connectivity index (χ2n) is 5.93. The van der Waals surface area contributed by atoms with Gasteiger partial charge in [0.1, 0.15) is 7.05 Å². The van der Waals surface area contributed by atoms with Crippen molar-refractivity contribution in [1.82, 2.24) is 0 Å². The van der Waals surface area contributed by atoms with E-state index in [9.17, 15) is 0 Å². The summed E-state index contributed by atoms with van der Waals surface area (Å²) in [6, 6.07) is 14.6. The summed E-state index contributed by atoms with van der Waals surface area (Å²) >= 11 is 0. The molecule has 0 aliphatic heterocycles. The third kappa shape index (κ3) is 2.79. The fraction of sp³-hybridized carbons (Fsp3) is 0.227. The van der Waals surface area contributed by atoms with Gasteiger partial charge in [-0.1, -0.05) is 35.9 Å². The molecule has 116 valence electrons. The molecule has 2 aromatic carbocycles. The van der Waals surface area contributed by atoms with E-state index in [4.69, 9.17) is 8.22 Å². The van der Waals surface area contributed by atoms with E-state index < -0.39 is 13.7 Å². The molecular formula is C22H24N+. The monoisotopic (exact) mass is 308 g/mol. The van der Waals surface area contributed by atoms with Gasteiger partial charge in [-0.25, -0.2) is 4.57 Å². The summed E-state index contributed by atoms with van der Waals surface area (Å²) in [5.41, 5.74) is 4.34. The smallest absolute Gasteiger partial charge is 0.200 e. The lowest BCUT2D eigenvalue weighted by Crippen LogP contribution is -2.31. The van der Waals surface area contributed by atoms with Gasteiger partial charge in [0.25, 0.3) is 0 Å². The van der Waals surface area contributed by atoms with Gasteiger partial charge in [0.05, 0.1) is 5.56 Å². The van der Waals surface area contributed by atoms with Gasteiger partial charge in [0, 0.05) is 19.9 Å². The Hall–Kier alpha value is -2.41. The predicted molar refractivity (Wildman–Crippen MR) is 97.4 cm³/mol. The molecule has 0 N–H and O–H groups in total. The first-order valence-electron chi connectivity index (χ1n) is 10.6. The molecule has 0 bridgehead atoms. The Balaban J connectivity index is 2.51. The Morgan fingerprint density at radius 3 is 2.13 bits per heavy atom. The van der Waals surface area contributed by atoms with E-state index in [1.807, 2.05) is 55.1 Å². The summed E-state index contributed by atoms with van der Waals surface area (Å²) < 4.78 is 50.4. The highest BCUT2D eigenvalue weighted by atomic mass is 14.9. The molecule has 1 aromatic heterocycles. The van der Waals surface area contributed by atoms with Gasteiger partial charge in [0.2, 0.25) is 5.69 Å². The van der Waals surface area contributed by atoms with Crippen LogP contribution < -0.4 is 4.57 Å². The van der Waals surface area contributed by atoms with Crippen molar-refractivity contribution in [3.63, 3.8) is 0 Å². The van der Waals surface area contributed by atoms with Crippen molar-refractivity contribution >= 4 is 0 Å². The third-order valence-electron chi connectivity index (χ3n) is 4.13. The molecule has 0 radical (unpaired) electrons. The molecule has 1 heteroatoms. The highest BCUT2D eigenvalue weighted by molar-refractivity contribution is 5.83. The van der Waals surface area contributed by atoms with Gasteiger partial charge in [-0.3, -0.25) is 0 Å². The van der Waals surface area contributed by atoms with E-state index in [1.54, 1.807) is 25.1 Å². The minimum absolute atomic E-state index is 0.0599. The Bertz CT molecular complexity index is 1030. The second-order valence-corrected chi connectivity index (χ2v) is 5.93. The van der Waals surface area contributed by atoms with Crippen molar-refractivity contribution in [1.29, 1.82) is 0 Å². The summed E-state index contributed by atoms with van der Waals surface area (Å²) in [6.45, 7) is -1.18. The molecule has 0 aliphatic carbocycles. The number of rotatable bonds is 2. The number of aryl methyl sites for hydroxylation is 5. The summed E-state index contributed by atoms with van der Waals surface area (Å²) in [4.78, 5) is 0. The number of pyridine rings is 1. The van der Waals surface area contributed by atoms with Crippen LogP contribution in [0.2, 0.25) is 0 Å². The van der Waals surface area contributed by atoms with Gasteiger partial charge in [-0.05, 0) is 61.9 Å². The molecule has 1 heterocycles. The highest BCUT2D eigenvalue weighted by Crippen LogP contribution is 2.35. The third-order valence-corrected chi connectivity index (χ3v) is 4.13. The molecule has 0 aliphatic rings. The van der Waals surface area contributed by atoms with Crippen LogP contribution in [0.5, 0.6) is 0 Å². The lowest BCUT2D eigenvalue weighted by atomic mass is 9.90. The summed E-state index contributed by atoms with van der Waals surface area (Å²) in [6.07, 6.45) is 1.88. The maximum Gasteiger partial charge on any atom is 0.220 e. The zero-order valence-corrected chi connectivity index (χ0v) is 13.6. The van der Waals surface area contributed by atoms with Crippen molar-refractivity contribution in [2.24, 2.45) is 7.05 Å². The molecule has 23 heavy (non-hydrogen) atoms. The van der Waals surface area contributed by atoms with E-state index in [-0.39, 0.29) is 16.7 Å². The van der Waals surface area contributed by atoms with Crippen LogP contribution in [-0.2, 0) is 7.05 Å². The van der Waals surface area contributed by atoms with Crippen molar-refractivity contribution in [2.45, 2.75) is 27.6 Å². The first kappa shape index (κ1) is 9.67. The summed E-state index contributed by atoms with van der Waals surface area (Å²) in [5.74, 6) is 0. The molecule has 0 unspecified atom stereocenters. The standard InChI is InChI=1S/C22H24N/c1-15-13-17(3)21(18(4)14-15)20-11-8-12-23(5)22(20)19-10-7-6-9-16(19)2/h6-14H,1-5H3/q+1/i3D3,4D3. The van der Waals surface area contributed by atoms with E-state index in [0.717, 1.165) is 16.8 Å². The van der Waals surface area contributed by atoms with Crippen molar-refractivity contribution < 1.29 is 12.8 Å². The van der Waals surface area contributed by atoms with E-state index in [2.05, 4.69) is 0 Å². The van der Waals surface area contributed by atoms with Crippen LogP contribution in [0.1, 0.15) is 30.5 Å². The molecule has 3 aromatic rings. The molecular weight excluding hydrogens is 278 g/mol. The van der Waals surface area contributed by atoms with Crippen molar-refractivity contribution in [3.05, 3.63) is 77.0 Å². The summed E-state index contributed by atoms with van der Waals surface area (Å²) in [5, 5.41) is 0. The zero-order chi connectivity index (χ0) is 21.6. The van der Waals surface area contributed by atoms with Crippen LogP contribution in [0, 0.1) is 27.6 Å². The highest BCUT2D eigenvalue weighted by Gasteiger charge is 2.21. The average molecular weight is 308 g/mol. The number of hydrogen-bond donors (Lipinski definition) is 0. The minimum atomic E-state index is -2.45. The average Bonchev–Trinajstić information content (AvgIpc) is 2.60.